The molecule has 0 aliphatic heterocycles. The number of benzene rings is 1. The molecule has 2 N–H and O–H groups in total. The van der Waals surface area contributed by atoms with Gasteiger partial charge in [0.15, 0.2) is 11.4 Å². The van der Waals surface area contributed by atoms with Crippen molar-refractivity contribution in [3.8, 4) is 11.5 Å². The molecule has 0 aliphatic rings. The van der Waals surface area contributed by atoms with Crippen LogP contribution in [0.25, 0.3) is 22.6 Å². The Bertz CT molecular complexity index is 1010. The summed E-state index contributed by atoms with van der Waals surface area (Å²) in [6.45, 7) is 4.63. The molecule has 4 aromatic rings. The van der Waals surface area contributed by atoms with Crippen LogP contribution < -0.4 is 5.73 Å². The second-order valence-corrected chi connectivity index (χ2v) is 5.87. The zero-order chi connectivity index (χ0) is 16.7. The summed E-state index contributed by atoms with van der Waals surface area (Å²) in [6.07, 6.45) is 1.76. The molecule has 6 heteroatoms. The Morgan fingerprint density at radius 3 is 2.54 bits per heavy atom. The van der Waals surface area contributed by atoms with E-state index in [0.29, 0.717) is 29.2 Å². The molecule has 1 aromatic carbocycles. The average molecular weight is 319 g/mol. The molecule has 0 atom stereocenters. The van der Waals surface area contributed by atoms with E-state index in [-0.39, 0.29) is 5.95 Å². The number of nitrogens with zero attached hydrogens (tertiary/aromatic N) is 4. The number of hydrogen-bond donors (Lipinski definition) is 1. The van der Waals surface area contributed by atoms with Gasteiger partial charge in [-0.1, -0.05) is 29.8 Å². The maximum atomic E-state index is 5.91. The fourth-order valence-corrected chi connectivity index (χ4v) is 2.70. The van der Waals surface area contributed by atoms with Gasteiger partial charge in [0.25, 0.3) is 0 Å². The third kappa shape index (κ3) is 2.52. The highest BCUT2D eigenvalue weighted by Crippen LogP contribution is 2.27. The second kappa shape index (κ2) is 5.49. The van der Waals surface area contributed by atoms with Crippen molar-refractivity contribution in [3.05, 3.63) is 59.6 Å². The van der Waals surface area contributed by atoms with Crippen molar-refractivity contribution in [3.63, 3.8) is 0 Å². The lowest BCUT2D eigenvalue weighted by Crippen LogP contribution is -2.03. The lowest BCUT2D eigenvalue weighted by molar-refractivity contribution is 0.547. The molecule has 0 amide bonds. The van der Waals surface area contributed by atoms with E-state index in [1.807, 2.05) is 23.6 Å². The van der Waals surface area contributed by atoms with Gasteiger partial charge in [-0.15, -0.1) is 0 Å². The Morgan fingerprint density at radius 2 is 1.83 bits per heavy atom. The molecule has 0 bridgehead atoms. The predicted octanol–water partition coefficient (Wildman–Crippen LogP) is 3.33. The summed E-state index contributed by atoms with van der Waals surface area (Å²) in [5, 5.41) is 0. The third-order valence-electron chi connectivity index (χ3n) is 3.93. The molecule has 3 aromatic heterocycles. The number of fused-ring (bicyclic) bond motifs is 1. The molecule has 0 saturated heterocycles. The molecule has 0 fully saturated rings. The van der Waals surface area contributed by atoms with Gasteiger partial charge in [0.1, 0.15) is 17.0 Å². The summed E-state index contributed by atoms with van der Waals surface area (Å²) >= 11 is 0. The molecule has 0 spiro atoms. The van der Waals surface area contributed by atoms with E-state index in [1.54, 1.807) is 6.33 Å². The second-order valence-electron chi connectivity index (χ2n) is 5.87. The molecule has 0 unspecified atom stereocenters. The van der Waals surface area contributed by atoms with Crippen LogP contribution in [0.15, 0.2) is 47.1 Å². The summed E-state index contributed by atoms with van der Waals surface area (Å²) in [6, 6.07) is 12.1. The van der Waals surface area contributed by atoms with Gasteiger partial charge in [-0.05, 0) is 31.5 Å². The van der Waals surface area contributed by atoms with Crippen LogP contribution in [-0.2, 0) is 6.54 Å². The number of imidazole rings is 1. The van der Waals surface area contributed by atoms with Crippen molar-refractivity contribution >= 4 is 17.1 Å². The highest BCUT2D eigenvalue weighted by molar-refractivity contribution is 5.86. The van der Waals surface area contributed by atoms with Gasteiger partial charge in [-0.3, -0.25) is 0 Å². The molecular formula is C18H17N5O. The maximum absolute atomic E-state index is 5.91. The molecule has 4 rings (SSSR count). The zero-order valence-electron chi connectivity index (χ0n) is 13.5. The predicted molar refractivity (Wildman–Crippen MR) is 92.5 cm³/mol. The number of aryl methyl sites for hydroxylation is 2. The van der Waals surface area contributed by atoms with Crippen LogP contribution in [0.1, 0.15) is 16.9 Å². The first-order chi connectivity index (χ1) is 11.6. The lowest BCUT2D eigenvalue weighted by atomic mass is 10.1. The fraction of sp³-hybridized carbons (Fsp3) is 0.167. The molecule has 0 radical (unpaired) electrons. The highest BCUT2D eigenvalue weighted by atomic mass is 16.3. The average Bonchev–Trinajstić information content (AvgIpc) is 3.16. The summed E-state index contributed by atoms with van der Waals surface area (Å²) in [4.78, 5) is 13.2. The highest BCUT2D eigenvalue weighted by Gasteiger charge is 2.16. The van der Waals surface area contributed by atoms with E-state index in [2.05, 4.69) is 46.1 Å². The number of rotatable bonds is 3. The van der Waals surface area contributed by atoms with E-state index < -0.39 is 0 Å². The van der Waals surface area contributed by atoms with Crippen LogP contribution in [0.4, 0.5) is 5.95 Å². The van der Waals surface area contributed by atoms with E-state index in [1.165, 1.54) is 11.1 Å². The minimum atomic E-state index is 0.206. The van der Waals surface area contributed by atoms with Gasteiger partial charge in [-0.2, -0.15) is 4.98 Å². The van der Waals surface area contributed by atoms with Gasteiger partial charge in [0.2, 0.25) is 5.95 Å². The molecule has 0 aliphatic carbocycles. The number of hydrogen-bond acceptors (Lipinski definition) is 5. The monoisotopic (exact) mass is 319 g/mol. The normalized spacial score (nSPS) is 11.2. The quantitative estimate of drug-likeness (QED) is 0.626. The van der Waals surface area contributed by atoms with Crippen LogP contribution in [0.5, 0.6) is 0 Å². The van der Waals surface area contributed by atoms with Gasteiger partial charge >= 0.3 is 0 Å². The van der Waals surface area contributed by atoms with E-state index >= 15 is 0 Å². The van der Waals surface area contributed by atoms with E-state index in [4.69, 9.17) is 10.2 Å². The number of furan rings is 1. The van der Waals surface area contributed by atoms with Gasteiger partial charge in [0, 0.05) is 0 Å². The number of anilines is 1. The van der Waals surface area contributed by atoms with Crippen molar-refractivity contribution in [2.45, 2.75) is 20.4 Å². The standard InChI is InChI=1S/C18H17N5O/c1-11-3-6-13(7-4-11)9-23-10-20-16-15(14-8-5-12(2)24-14)21-18(19)22-17(16)23/h3-8,10H,9H2,1-2H3,(H2,19,21,22). The van der Waals surface area contributed by atoms with Crippen LogP contribution in [0.2, 0.25) is 0 Å². The number of aromatic nitrogens is 4. The molecular weight excluding hydrogens is 302 g/mol. The Kier molecular flexibility index (Phi) is 3.30. The zero-order valence-corrected chi connectivity index (χ0v) is 13.5. The largest absolute Gasteiger partial charge is 0.460 e. The first-order valence-electron chi connectivity index (χ1n) is 7.71. The molecule has 3 heterocycles. The van der Waals surface area contributed by atoms with Crippen LogP contribution in [0, 0.1) is 13.8 Å². The Morgan fingerprint density at radius 1 is 1.04 bits per heavy atom. The molecule has 120 valence electrons. The summed E-state index contributed by atoms with van der Waals surface area (Å²) in [5.74, 6) is 1.67. The van der Waals surface area contributed by atoms with Crippen LogP contribution in [-0.4, -0.2) is 19.5 Å². The maximum Gasteiger partial charge on any atom is 0.222 e. The SMILES string of the molecule is Cc1ccc(Cn2cnc3c(-c4ccc(C)o4)nc(N)nc32)cc1. The smallest absolute Gasteiger partial charge is 0.222 e. The topological polar surface area (TPSA) is 82.8 Å². The van der Waals surface area contributed by atoms with Crippen molar-refractivity contribution in [2.75, 3.05) is 5.73 Å². The molecule has 6 nitrogen and oxygen atoms in total. The Labute approximate surface area is 139 Å². The Balaban J connectivity index is 1.81. The first-order valence-corrected chi connectivity index (χ1v) is 7.71. The van der Waals surface area contributed by atoms with Crippen molar-refractivity contribution in [2.24, 2.45) is 0 Å². The Hall–Kier alpha value is -3.15. The fourth-order valence-electron chi connectivity index (χ4n) is 2.70. The minimum absolute atomic E-state index is 0.206. The van der Waals surface area contributed by atoms with Crippen LogP contribution in [0.3, 0.4) is 0 Å². The number of nitrogens with two attached hydrogens (primary N) is 1. The third-order valence-corrected chi connectivity index (χ3v) is 3.93. The van der Waals surface area contributed by atoms with Gasteiger partial charge in [-0.25, -0.2) is 9.97 Å². The van der Waals surface area contributed by atoms with Gasteiger partial charge in [0.05, 0.1) is 12.9 Å². The van der Waals surface area contributed by atoms with E-state index in [9.17, 15) is 0 Å². The summed E-state index contributed by atoms with van der Waals surface area (Å²) < 4.78 is 7.65. The lowest BCUT2D eigenvalue weighted by Gasteiger charge is -2.06. The van der Waals surface area contributed by atoms with Crippen LogP contribution >= 0.6 is 0 Å². The molecule has 24 heavy (non-hydrogen) atoms. The van der Waals surface area contributed by atoms with Gasteiger partial charge < -0.3 is 14.7 Å². The molecule has 0 saturated carbocycles. The number of nitrogen functional groups attached to an aromatic ring is 1. The van der Waals surface area contributed by atoms with Crippen molar-refractivity contribution < 1.29 is 4.42 Å². The minimum Gasteiger partial charge on any atom is -0.460 e. The van der Waals surface area contributed by atoms with Crippen molar-refractivity contribution in [1.82, 2.24) is 19.5 Å². The first kappa shape index (κ1) is 14.4. The summed E-state index contributed by atoms with van der Waals surface area (Å²) in [7, 11) is 0. The van der Waals surface area contributed by atoms with E-state index in [0.717, 1.165) is 5.76 Å². The summed E-state index contributed by atoms with van der Waals surface area (Å²) in [5.41, 5.74) is 10.3. The van der Waals surface area contributed by atoms with Crippen molar-refractivity contribution in [1.29, 1.82) is 0 Å².